The van der Waals surface area contributed by atoms with Gasteiger partial charge in [0, 0.05) is 63.2 Å². The van der Waals surface area contributed by atoms with E-state index < -0.39 is 0 Å². The van der Waals surface area contributed by atoms with Crippen molar-refractivity contribution in [2.24, 2.45) is 0 Å². The van der Waals surface area contributed by atoms with Gasteiger partial charge in [0.05, 0.1) is 12.7 Å². The lowest BCUT2D eigenvalue weighted by atomic mass is 9.89. The Balaban J connectivity index is 1.59. The first-order valence-corrected chi connectivity index (χ1v) is 18.8. The van der Waals surface area contributed by atoms with Crippen molar-refractivity contribution in [3.8, 4) is 0 Å². The van der Waals surface area contributed by atoms with Crippen LogP contribution in [-0.4, -0.2) is 40.8 Å². The van der Waals surface area contributed by atoms with Gasteiger partial charge in [0.2, 0.25) is 0 Å². The van der Waals surface area contributed by atoms with Crippen LogP contribution in [0.4, 0.5) is 0 Å². The van der Waals surface area contributed by atoms with Crippen LogP contribution in [0.5, 0.6) is 0 Å². The highest BCUT2D eigenvalue weighted by molar-refractivity contribution is 8.13. The summed E-state index contributed by atoms with van der Waals surface area (Å²) in [7, 11) is 0. The van der Waals surface area contributed by atoms with Crippen LogP contribution in [0.15, 0.2) is 49.6 Å². The van der Waals surface area contributed by atoms with E-state index >= 15 is 0 Å². The third-order valence-corrected chi connectivity index (χ3v) is 10.0. The van der Waals surface area contributed by atoms with Crippen molar-refractivity contribution in [3.05, 3.63) is 71.8 Å². The molecule has 0 unspecified atom stereocenters. The van der Waals surface area contributed by atoms with Gasteiger partial charge in [-0.1, -0.05) is 87.0 Å². The molecule has 6 nitrogen and oxygen atoms in total. The first-order chi connectivity index (χ1) is 21.5. The van der Waals surface area contributed by atoms with E-state index in [1.54, 1.807) is 25.0 Å². The van der Waals surface area contributed by atoms with Crippen LogP contribution in [0.3, 0.4) is 0 Å². The maximum Gasteiger partial charge on any atom is 0.185 e. The minimum Gasteiger partial charge on any atom is -0.337 e. The van der Waals surface area contributed by atoms with E-state index in [0.717, 1.165) is 63.1 Å². The van der Waals surface area contributed by atoms with Gasteiger partial charge >= 0.3 is 0 Å². The molecule has 3 aromatic rings. The van der Waals surface area contributed by atoms with Crippen LogP contribution in [0.1, 0.15) is 113 Å². The number of carbonyl (C=O) groups is 2. The molecule has 2 aromatic heterocycles. The quantitative estimate of drug-likeness (QED) is 0.0913. The lowest BCUT2D eigenvalue weighted by molar-refractivity contribution is -0.109. The molecule has 44 heavy (non-hydrogen) atoms. The summed E-state index contributed by atoms with van der Waals surface area (Å²) >= 11 is 2.92. The number of rotatable bonds is 24. The van der Waals surface area contributed by atoms with Crippen LogP contribution in [0, 0.1) is 0 Å². The highest BCUT2D eigenvalue weighted by Crippen LogP contribution is 2.24. The first-order valence-electron chi connectivity index (χ1n) is 16.8. The number of nitrogens with zero attached hydrogens (tertiary/aromatic N) is 4. The van der Waals surface area contributed by atoms with Crippen molar-refractivity contribution in [2.75, 3.05) is 11.5 Å². The number of carbonyl (C=O) groups excluding carboxylic acids is 2. The molecule has 1 aromatic carbocycles. The summed E-state index contributed by atoms with van der Waals surface area (Å²) in [5.74, 6) is 1.93. The zero-order chi connectivity index (χ0) is 31.2. The van der Waals surface area contributed by atoms with Gasteiger partial charge in [0.15, 0.2) is 10.2 Å². The van der Waals surface area contributed by atoms with Gasteiger partial charge in [-0.25, -0.2) is 9.97 Å². The van der Waals surface area contributed by atoms with Crippen molar-refractivity contribution in [1.29, 1.82) is 0 Å². The van der Waals surface area contributed by atoms with E-state index in [-0.39, 0.29) is 10.2 Å². The lowest BCUT2D eigenvalue weighted by Crippen LogP contribution is -2.08. The summed E-state index contributed by atoms with van der Waals surface area (Å²) in [5.41, 5.74) is 6.06. The maximum atomic E-state index is 11.1. The first kappa shape index (κ1) is 36.2. The standard InChI is InChI=1S/C36H54N4O2S2/c1-31(41)43-25-13-9-5-3-7-11-15-33-27-35(17-21-39-23-19-37-29-39)36(18-22-40-24-20-38-30-40)28-34(33)16-12-8-4-6-10-14-26-44-32(2)42/h19-20,23-24,27-30H,3-18,21-22,25-26H2,1-2H3. The number of imidazole rings is 2. The van der Waals surface area contributed by atoms with Crippen LogP contribution in [-0.2, 0) is 48.4 Å². The molecule has 0 bridgehead atoms. The summed E-state index contributed by atoms with van der Waals surface area (Å²) in [4.78, 5) is 30.7. The SMILES string of the molecule is CC(=O)SCCCCCCCCc1cc(CCn2ccnc2)c(CCn2ccnc2)cc1CCCCCCCCSC(C)=O. The molecule has 0 aliphatic carbocycles. The van der Waals surface area contributed by atoms with E-state index in [0.29, 0.717) is 0 Å². The molecular formula is C36H54N4O2S2. The van der Waals surface area contributed by atoms with Gasteiger partial charge < -0.3 is 9.13 Å². The van der Waals surface area contributed by atoms with Crippen molar-refractivity contribution >= 4 is 33.8 Å². The van der Waals surface area contributed by atoms with Crippen molar-refractivity contribution in [2.45, 2.75) is 130 Å². The molecule has 0 amide bonds. The number of benzene rings is 1. The summed E-state index contributed by atoms with van der Waals surface area (Å²) in [6.07, 6.45) is 30.9. The monoisotopic (exact) mass is 638 g/mol. The fourth-order valence-electron chi connectivity index (χ4n) is 5.74. The number of hydrogen-bond acceptors (Lipinski definition) is 6. The second kappa shape index (κ2) is 22.2. The molecule has 8 heteroatoms. The second-order valence-electron chi connectivity index (χ2n) is 11.9. The Hall–Kier alpha value is -2.32. The molecule has 0 fully saturated rings. The zero-order valence-electron chi connectivity index (χ0n) is 27.2. The number of aryl methyl sites for hydroxylation is 6. The number of hydrogen-bond donors (Lipinski definition) is 0. The molecule has 3 rings (SSSR count). The summed E-state index contributed by atoms with van der Waals surface area (Å²) in [5, 5.41) is 0.469. The number of aromatic nitrogens is 4. The predicted molar refractivity (Wildman–Crippen MR) is 187 cm³/mol. The van der Waals surface area contributed by atoms with Gasteiger partial charge in [-0.15, -0.1) is 0 Å². The molecule has 0 saturated carbocycles. The summed E-state index contributed by atoms with van der Waals surface area (Å²) in [6.45, 7) is 5.22. The van der Waals surface area contributed by atoms with Crippen molar-refractivity contribution in [1.82, 2.24) is 19.1 Å². The molecular weight excluding hydrogens is 585 g/mol. The average Bonchev–Trinajstić information content (AvgIpc) is 3.72. The van der Waals surface area contributed by atoms with E-state index in [2.05, 4.69) is 43.6 Å². The van der Waals surface area contributed by atoms with E-state index in [1.165, 1.54) is 98.9 Å². The highest BCUT2D eigenvalue weighted by Gasteiger charge is 2.12. The largest absolute Gasteiger partial charge is 0.337 e. The highest BCUT2D eigenvalue weighted by atomic mass is 32.2. The van der Waals surface area contributed by atoms with Crippen LogP contribution >= 0.6 is 23.5 Å². The van der Waals surface area contributed by atoms with Crippen LogP contribution in [0.2, 0.25) is 0 Å². The minimum atomic E-state index is 0.235. The van der Waals surface area contributed by atoms with Gasteiger partial charge in [-0.3, -0.25) is 9.59 Å². The molecule has 0 N–H and O–H groups in total. The fraction of sp³-hybridized carbons (Fsp3) is 0.611. The number of unbranched alkanes of at least 4 members (excludes halogenated alkanes) is 10. The Bertz CT molecular complexity index is 1100. The molecule has 0 saturated heterocycles. The molecule has 242 valence electrons. The molecule has 0 aliphatic heterocycles. The van der Waals surface area contributed by atoms with Gasteiger partial charge in [-0.05, 0) is 73.6 Å². The van der Waals surface area contributed by atoms with Crippen molar-refractivity contribution in [3.63, 3.8) is 0 Å². The Morgan fingerprint density at radius 2 is 0.909 bits per heavy atom. The van der Waals surface area contributed by atoms with Crippen LogP contribution in [0.25, 0.3) is 0 Å². The molecule has 0 spiro atoms. The third kappa shape index (κ3) is 15.6. The van der Waals surface area contributed by atoms with E-state index in [1.807, 2.05) is 25.0 Å². The predicted octanol–water partition coefficient (Wildman–Crippen LogP) is 8.89. The van der Waals surface area contributed by atoms with E-state index in [4.69, 9.17) is 0 Å². The lowest BCUT2D eigenvalue weighted by Gasteiger charge is -2.18. The molecule has 0 radical (unpaired) electrons. The van der Waals surface area contributed by atoms with Crippen LogP contribution < -0.4 is 0 Å². The van der Waals surface area contributed by atoms with Gasteiger partial charge in [0.1, 0.15) is 0 Å². The Morgan fingerprint density at radius 3 is 1.27 bits per heavy atom. The van der Waals surface area contributed by atoms with Gasteiger partial charge in [0.25, 0.3) is 0 Å². The van der Waals surface area contributed by atoms with E-state index in [9.17, 15) is 9.59 Å². The minimum absolute atomic E-state index is 0.235. The van der Waals surface area contributed by atoms with Crippen molar-refractivity contribution < 1.29 is 9.59 Å². The Morgan fingerprint density at radius 1 is 0.545 bits per heavy atom. The third-order valence-electron chi connectivity index (χ3n) is 8.21. The summed E-state index contributed by atoms with van der Waals surface area (Å²) < 4.78 is 4.36. The zero-order valence-corrected chi connectivity index (χ0v) is 28.8. The number of thioether (sulfide) groups is 2. The fourth-order valence-corrected chi connectivity index (χ4v) is 7.01. The van der Waals surface area contributed by atoms with Gasteiger partial charge in [-0.2, -0.15) is 0 Å². The normalized spacial score (nSPS) is 11.3. The smallest absolute Gasteiger partial charge is 0.185 e. The molecule has 0 atom stereocenters. The Kier molecular flexibility index (Phi) is 18.3. The average molecular weight is 639 g/mol. The molecule has 0 aliphatic rings. The topological polar surface area (TPSA) is 69.8 Å². The second-order valence-corrected chi connectivity index (χ2v) is 14.5. The summed E-state index contributed by atoms with van der Waals surface area (Å²) in [6, 6.07) is 5.09. The molecule has 2 heterocycles. The Labute approximate surface area is 274 Å². The maximum absolute atomic E-state index is 11.1.